The van der Waals surface area contributed by atoms with Crippen molar-refractivity contribution in [3.05, 3.63) is 29.8 Å². The average molecular weight is 173 g/mol. The van der Waals surface area contributed by atoms with Gasteiger partial charge in [0.05, 0.1) is 0 Å². The second-order valence-electron chi connectivity index (χ2n) is 2.79. The monoisotopic (exact) mass is 173 g/mol. The molecule has 0 saturated heterocycles. The zero-order chi connectivity index (χ0) is 9.42. The number of nitrogens with zero attached hydrogens (tertiary/aromatic N) is 1. The van der Waals surface area contributed by atoms with Crippen LogP contribution in [0.2, 0.25) is 0 Å². The maximum absolute atomic E-state index is 9.33. The highest BCUT2D eigenvalue weighted by molar-refractivity contribution is 5.72. The van der Waals surface area contributed by atoms with E-state index in [9.17, 15) is 5.11 Å². The van der Waals surface area contributed by atoms with E-state index in [0.29, 0.717) is 23.5 Å². The van der Waals surface area contributed by atoms with Crippen LogP contribution < -0.4 is 4.74 Å². The highest BCUT2D eigenvalue weighted by atomic mass is 16.6. The molecule has 1 aromatic carbocycles. The molecule has 1 aliphatic rings. The fourth-order valence-electron chi connectivity index (χ4n) is 1.30. The van der Waals surface area contributed by atoms with Crippen molar-refractivity contribution in [3.8, 4) is 23.3 Å². The zero-order valence-electron chi connectivity index (χ0n) is 6.87. The minimum atomic E-state index is 0.103. The molecule has 13 heavy (non-hydrogen) atoms. The quantitative estimate of drug-likeness (QED) is 0.558. The summed E-state index contributed by atoms with van der Waals surface area (Å²) in [7, 11) is 0. The minimum Gasteiger partial charge on any atom is -0.504 e. The van der Waals surface area contributed by atoms with Gasteiger partial charge in [0.25, 0.3) is 0 Å². The minimum absolute atomic E-state index is 0.103. The van der Waals surface area contributed by atoms with E-state index in [4.69, 9.17) is 10.00 Å². The van der Waals surface area contributed by atoms with Gasteiger partial charge < -0.3 is 9.84 Å². The molecule has 0 aliphatic carbocycles. The summed E-state index contributed by atoms with van der Waals surface area (Å²) in [6.45, 7) is 3.58. The maximum atomic E-state index is 9.33. The number of rotatable bonds is 2. The maximum Gasteiger partial charge on any atom is 0.213 e. The van der Waals surface area contributed by atoms with Crippen molar-refractivity contribution in [3.63, 3.8) is 0 Å². The Morgan fingerprint density at radius 2 is 2.38 bits per heavy atom. The number of aromatic hydroxyl groups is 1. The van der Waals surface area contributed by atoms with E-state index in [1.54, 1.807) is 12.1 Å². The zero-order valence-corrected chi connectivity index (χ0v) is 6.87. The summed E-state index contributed by atoms with van der Waals surface area (Å²) in [5.74, 6) is 1.05. The van der Waals surface area contributed by atoms with Crippen LogP contribution in [0.1, 0.15) is 11.1 Å². The molecule has 1 aromatic rings. The number of benzene rings is 1. The molecule has 2 rings (SSSR count). The van der Waals surface area contributed by atoms with Crippen molar-refractivity contribution in [2.75, 3.05) is 0 Å². The molecule has 0 aromatic heterocycles. The molecule has 0 unspecified atom stereocenters. The second kappa shape index (κ2) is 2.53. The number of phenolic OH excluding ortho intramolecular Hbond substituents is 1. The number of phenols is 1. The molecule has 0 fully saturated rings. The van der Waals surface area contributed by atoms with Gasteiger partial charge in [0, 0.05) is 0 Å². The summed E-state index contributed by atoms with van der Waals surface area (Å²) in [5.41, 5.74) is 1.26. The van der Waals surface area contributed by atoms with Gasteiger partial charge in [0.2, 0.25) is 5.75 Å². The van der Waals surface area contributed by atoms with Gasteiger partial charge >= 0.3 is 0 Å². The Hall–Kier alpha value is -1.95. The average Bonchev–Trinajstić information content (AvgIpc) is 2.85. The first kappa shape index (κ1) is 7.69. The number of hydrogen-bond acceptors (Lipinski definition) is 3. The smallest absolute Gasteiger partial charge is 0.213 e. The molecule has 64 valence electrons. The number of allylic oxidation sites excluding steroid dienone is 1. The third kappa shape index (κ3) is 1.04. The Morgan fingerprint density at radius 1 is 1.62 bits per heavy atom. The molecule has 0 saturated carbocycles. The van der Waals surface area contributed by atoms with Gasteiger partial charge in [-0.25, -0.2) is 0 Å². The Bertz CT molecular complexity index is 430. The predicted octanol–water partition coefficient (Wildman–Crippen LogP) is 2.10. The Kier molecular flexibility index (Phi) is 1.49. The van der Waals surface area contributed by atoms with Crippen LogP contribution in [0.4, 0.5) is 0 Å². The number of ether oxygens (including phenoxy) is 1. The van der Waals surface area contributed by atoms with E-state index >= 15 is 0 Å². The van der Waals surface area contributed by atoms with Gasteiger partial charge in [0.15, 0.2) is 11.5 Å². The molecule has 0 amide bonds. The molecule has 1 heterocycles. The summed E-state index contributed by atoms with van der Waals surface area (Å²) in [6, 6.07) is 3.59. The van der Waals surface area contributed by atoms with Crippen molar-refractivity contribution in [1.29, 1.82) is 5.26 Å². The third-order valence-corrected chi connectivity index (χ3v) is 1.94. The molecule has 0 bridgehead atoms. The van der Waals surface area contributed by atoms with E-state index in [1.165, 1.54) is 0 Å². The molecule has 3 nitrogen and oxygen atoms in total. The molecule has 0 radical (unpaired) electrons. The van der Waals surface area contributed by atoms with Crippen LogP contribution in [-0.4, -0.2) is 5.11 Å². The van der Waals surface area contributed by atoms with E-state index < -0.39 is 0 Å². The van der Waals surface area contributed by atoms with Crippen molar-refractivity contribution in [1.82, 2.24) is 0 Å². The van der Waals surface area contributed by atoms with Crippen LogP contribution in [0.5, 0.6) is 17.2 Å². The molecule has 3 heteroatoms. The lowest BCUT2D eigenvalue weighted by Crippen LogP contribution is -1.84. The van der Waals surface area contributed by atoms with Crippen LogP contribution in [-0.2, 0) is 6.42 Å². The van der Waals surface area contributed by atoms with Crippen molar-refractivity contribution in [2.24, 2.45) is 0 Å². The second-order valence-corrected chi connectivity index (χ2v) is 2.79. The first-order valence-corrected chi connectivity index (χ1v) is 3.85. The van der Waals surface area contributed by atoms with Gasteiger partial charge in [-0.05, 0) is 18.1 Å². The highest BCUT2D eigenvalue weighted by Gasteiger charge is 2.31. The van der Waals surface area contributed by atoms with Crippen molar-refractivity contribution < 1.29 is 9.84 Å². The molecular formula is C10H7NO2. The topological polar surface area (TPSA) is 56.5 Å². The molecule has 1 N–H and O–H groups in total. The van der Waals surface area contributed by atoms with Crippen LogP contribution >= 0.6 is 0 Å². The fourth-order valence-corrected chi connectivity index (χ4v) is 1.30. The summed E-state index contributed by atoms with van der Waals surface area (Å²) in [6.07, 6.45) is 2.25. The van der Waals surface area contributed by atoms with E-state index in [0.717, 1.165) is 5.56 Å². The highest BCUT2D eigenvalue weighted by Crippen LogP contribution is 2.55. The van der Waals surface area contributed by atoms with Gasteiger partial charge in [-0.2, -0.15) is 5.26 Å². The summed E-state index contributed by atoms with van der Waals surface area (Å²) < 4.78 is 4.97. The SMILES string of the molecule is C=CCc1cc(O)c2c(c1C#N)O2. The van der Waals surface area contributed by atoms with Crippen LogP contribution in [0.25, 0.3) is 0 Å². The summed E-state index contributed by atoms with van der Waals surface area (Å²) >= 11 is 0. The lowest BCUT2D eigenvalue weighted by Gasteiger charge is -1.96. The molecule has 0 spiro atoms. The number of fused-ring (bicyclic) bond motifs is 1. The van der Waals surface area contributed by atoms with Gasteiger partial charge in [-0.15, -0.1) is 6.58 Å². The van der Waals surface area contributed by atoms with Gasteiger partial charge in [-0.3, -0.25) is 0 Å². The Morgan fingerprint density at radius 3 is 3.00 bits per heavy atom. The number of nitriles is 1. The van der Waals surface area contributed by atoms with Crippen molar-refractivity contribution in [2.45, 2.75) is 6.42 Å². The van der Waals surface area contributed by atoms with Crippen LogP contribution in [0, 0.1) is 11.3 Å². The van der Waals surface area contributed by atoms with Gasteiger partial charge in [0.1, 0.15) is 11.6 Å². The Labute approximate surface area is 75.5 Å². The fraction of sp³-hybridized carbons (Fsp3) is 0.100. The molecular weight excluding hydrogens is 166 g/mol. The first-order chi connectivity index (χ1) is 6.27. The normalized spacial score (nSPS) is 11.0. The number of hydrogen-bond donors (Lipinski definition) is 1. The van der Waals surface area contributed by atoms with E-state index in [1.807, 2.05) is 6.07 Å². The van der Waals surface area contributed by atoms with E-state index in [2.05, 4.69) is 6.58 Å². The standard InChI is InChI=1S/C10H7NO2/c1-2-3-6-4-8(12)10-9(13-10)7(6)5-11/h2,4,12H,1,3H2. The summed E-state index contributed by atoms with van der Waals surface area (Å²) in [4.78, 5) is 0. The lowest BCUT2D eigenvalue weighted by atomic mass is 10.1. The summed E-state index contributed by atoms with van der Waals surface area (Å²) in [5, 5.41) is 18.1. The predicted molar refractivity (Wildman–Crippen MR) is 46.8 cm³/mol. The lowest BCUT2D eigenvalue weighted by molar-refractivity contribution is 0.463. The third-order valence-electron chi connectivity index (χ3n) is 1.94. The largest absolute Gasteiger partial charge is 0.504 e. The molecule has 0 atom stereocenters. The molecule has 1 aliphatic heterocycles. The first-order valence-electron chi connectivity index (χ1n) is 3.85. The van der Waals surface area contributed by atoms with Gasteiger partial charge in [-0.1, -0.05) is 6.08 Å². The Balaban J connectivity index is 2.57. The van der Waals surface area contributed by atoms with Crippen LogP contribution in [0.15, 0.2) is 18.7 Å². The van der Waals surface area contributed by atoms with Crippen molar-refractivity contribution >= 4 is 0 Å². The van der Waals surface area contributed by atoms with E-state index in [-0.39, 0.29) is 5.75 Å². The van der Waals surface area contributed by atoms with Crippen LogP contribution in [0.3, 0.4) is 0 Å².